The van der Waals surface area contributed by atoms with Crippen molar-refractivity contribution in [1.82, 2.24) is 20.1 Å². The molecule has 160 valence electrons. The number of aromatic amines is 1. The van der Waals surface area contributed by atoms with Crippen molar-refractivity contribution in [2.75, 3.05) is 39.5 Å². The van der Waals surface area contributed by atoms with Gasteiger partial charge in [-0.15, -0.1) is 0 Å². The maximum Gasteiger partial charge on any atom is 0.261 e. The lowest BCUT2D eigenvalue weighted by Gasteiger charge is -2.34. The van der Waals surface area contributed by atoms with E-state index in [0.29, 0.717) is 24.6 Å². The van der Waals surface area contributed by atoms with Crippen LogP contribution in [0.1, 0.15) is 35.0 Å². The second-order valence-corrected chi connectivity index (χ2v) is 7.71. The molecule has 2 aromatic rings. The van der Waals surface area contributed by atoms with Crippen LogP contribution >= 0.6 is 0 Å². The molecule has 8 heteroatoms. The first-order chi connectivity index (χ1) is 14.6. The number of aromatic nitrogens is 1. The second-order valence-electron chi connectivity index (χ2n) is 7.71. The number of nitrogens with zero attached hydrogens (tertiary/aromatic N) is 2. The van der Waals surface area contributed by atoms with Gasteiger partial charge in [0.15, 0.2) is 11.5 Å². The average Bonchev–Trinajstić information content (AvgIpc) is 3.22. The molecule has 1 aromatic heterocycles. The lowest BCUT2D eigenvalue weighted by Crippen LogP contribution is -2.46. The van der Waals surface area contributed by atoms with Crippen LogP contribution in [0.2, 0.25) is 0 Å². The van der Waals surface area contributed by atoms with E-state index in [9.17, 15) is 9.59 Å². The van der Waals surface area contributed by atoms with E-state index in [1.807, 2.05) is 24.3 Å². The second kappa shape index (κ2) is 9.32. The highest BCUT2D eigenvalue weighted by molar-refractivity contribution is 5.93. The van der Waals surface area contributed by atoms with Gasteiger partial charge < -0.3 is 24.7 Å². The molecule has 0 atom stereocenters. The third kappa shape index (κ3) is 4.83. The summed E-state index contributed by atoms with van der Waals surface area (Å²) in [5, 5.41) is 2.79. The largest absolute Gasteiger partial charge is 0.454 e. The van der Waals surface area contributed by atoms with Crippen molar-refractivity contribution in [2.24, 2.45) is 0 Å². The van der Waals surface area contributed by atoms with Crippen molar-refractivity contribution in [3.8, 4) is 11.5 Å². The number of fused-ring (bicyclic) bond motifs is 1. The number of rotatable bonds is 7. The number of hydrogen-bond donors (Lipinski definition) is 2. The molecule has 2 aliphatic heterocycles. The lowest BCUT2D eigenvalue weighted by atomic mass is 10.2. The fraction of sp³-hybridized carbons (Fsp3) is 0.455. The summed E-state index contributed by atoms with van der Waals surface area (Å²) in [5.74, 6) is 0.969. The van der Waals surface area contributed by atoms with Gasteiger partial charge in [0.05, 0.1) is 0 Å². The standard InChI is InChI=1S/C22H28N4O4/c1-2-7-25-8-10-26(11-9-25)14-17-4-5-18(22(28)24-17)21(27)23-13-16-3-6-19-20(12-16)30-15-29-19/h3-6,12H,2,7-11,13-15H2,1H3,(H,23,27)(H,24,28). The van der Waals surface area contributed by atoms with E-state index in [4.69, 9.17) is 9.47 Å². The maximum atomic E-state index is 12.5. The zero-order chi connectivity index (χ0) is 20.9. The van der Waals surface area contributed by atoms with E-state index in [0.717, 1.165) is 44.0 Å². The van der Waals surface area contributed by atoms with E-state index in [-0.39, 0.29) is 17.9 Å². The summed E-state index contributed by atoms with van der Waals surface area (Å²) in [6.45, 7) is 8.62. The number of piperazine rings is 1. The van der Waals surface area contributed by atoms with Crippen molar-refractivity contribution in [2.45, 2.75) is 26.4 Å². The predicted molar refractivity (Wildman–Crippen MR) is 113 cm³/mol. The smallest absolute Gasteiger partial charge is 0.261 e. The molecule has 0 spiro atoms. The van der Waals surface area contributed by atoms with Gasteiger partial charge in [0, 0.05) is 45.0 Å². The van der Waals surface area contributed by atoms with E-state index >= 15 is 0 Å². The average molecular weight is 412 g/mol. The van der Waals surface area contributed by atoms with E-state index < -0.39 is 5.91 Å². The molecule has 8 nitrogen and oxygen atoms in total. The highest BCUT2D eigenvalue weighted by Gasteiger charge is 2.18. The van der Waals surface area contributed by atoms with Crippen LogP contribution in [0.25, 0.3) is 0 Å². The van der Waals surface area contributed by atoms with Crippen LogP contribution in [0.3, 0.4) is 0 Å². The molecule has 1 fully saturated rings. The zero-order valence-electron chi connectivity index (χ0n) is 17.3. The third-order valence-electron chi connectivity index (χ3n) is 5.50. The number of carbonyl (C=O) groups is 1. The summed E-state index contributed by atoms with van der Waals surface area (Å²) in [6, 6.07) is 8.94. The summed E-state index contributed by atoms with van der Waals surface area (Å²) in [4.78, 5) is 32.6. The lowest BCUT2D eigenvalue weighted by molar-refractivity contribution is 0.0949. The first kappa shape index (κ1) is 20.4. The van der Waals surface area contributed by atoms with Crippen molar-refractivity contribution >= 4 is 5.91 Å². The number of H-pyrrole nitrogens is 1. The highest BCUT2D eigenvalue weighted by Crippen LogP contribution is 2.32. The fourth-order valence-electron chi connectivity index (χ4n) is 3.84. The van der Waals surface area contributed by atoms with E-state index in [1.54, 1.807) is 6.07 Å². The number of pyridine rings is 1. The number of benzene rings is 1. The van der Waals surface area contributed by atoms with Gasteiger partial charge in [-0.2, -0.15) is 0 Å². The molecular formula is C22H28N4O4. The van der Waals surface area contributed by atoms with Crippen LogP contribution in [0.5, 0.6) is 11.5 Å². The molecule has 0 bridgehead atoms. The Bertz CT molecular complexity index is 950. The Morgan fingerprint density at radius 3 is 2.60 bits per heavy atom. The molecule has 1 aromatic carbocycles. The first-order valence-electron chi connectivity index (χ1n) is 10.5. The van der Waals surface area contributed by atoms with Gasteiger partial charge in [0.1, 0.15) is 5.56 Å². The Kier molecular flexibility index (Phi) is 6.35. The van der Waals surface area contributed by atoms with Crippen LogP contribution in [0.4, 0.5) is 0 Å². The predicted octanol–water partition coefficient (Wildman–Crippen LogP) is 1.56. The minimum absolute atomic E-state index is 0.118. The summed E-state index contributed by atoms with van der Waals surface area (Å²) in [5.41, 5.74) is 1.46. The van der Waals surface area contributed by atoms with Crippen LogP contribution in [0.15, 0.2) is 35.1 Å². The molecule has 30 heavy (non-hydrogen) atoms. The Labute approximate surface area is 175 Å². The molecule has 4 rings (SSSR count). The van der Waals surface area contributed by atoms with Crippen LogP contribution in [-0.4, -0.2) is 60.2 Å². The van der Waals surface area contributed by atoms with Crippen molar-refractivity contribution < 1.29 is 14.3 Å². The minimum Gasteiger partial charge on any atom is -0.454 e. The molecular weight excluding hydrogens is 384 g/mol. The van der Waals surface area contributed by atoms with Crippen LogP contribution in [-0.2, 0) is 13.1 Å². The van der Waals surface area contributed by atoms with Gasteiger partial charge >= 0.3 is 0 Å². The first-order valence-corrected chi connectivity index (χ1v) is 10.5. The van der Waals surface area contributed by atoms with Crippen LogP contribution < -0.4 is 20.3 Å². The Morgan fingerprint density at radius 1 is 1.07 bits per heavy atom. The molecule has 0 radical (unpaired) electrons. The summed E-state index contributed by atoms with van der Waals surface area (Å²) in [6.07, 6.45) is 1.17. The topological polar surface area (TPSA) is 86.9 Å². The number of nitrogens with one attached hydrogen (secondary N) is 2. The number of amides is 1. The van der Waals surface area contributed by atoms with Gasteiger partial charge in [-0.05, 0) is 42.8 Å². The minimum atomic E-state index is -0.395. The van der Waals surface area contributed by atoms with Gasteiger partial charge in [0.25, 0.3) is 11.5 Å². The number of carbonyl (C=O) groups excluding carboxylic acids is 1. The molecule has 3 heterocycles. The molecule has 2 aliphatic rings. The van der Waals surface area contributed by atoms with E-state index in [2.05, 4.69) is 27.0 Å². The van der Waals surface area contributed by atoms with Crippen molar-refractivity contribution in [3.05, 3.63) is 57.5 Å². The van der Waals surface area contributed by atoms with E-state index in [1.165, 1.54) is 6.42 Å². The Balaban J connectivity index is 1.31. The molecule has 0 aliphatic carbocycles. The zero-order valence-corrected chi connectivity index (χ0v) is 17.3. The third-order valence-corrected chi connectivity index (χ3v) is 5.50. The summed E-state index contributed by atoms with van der Waals surface area (Å²) in [7, 11) is 0. The molecule has 0 unspecified atom stereocenters. The maximum absolute atomic E-state index is 12.5. The van der Waals surface area contributed by atoms with Gasteiger partial charge in [-0.3, -0.25) is 14.5 Å². The van der Waals surface area contributed by atoms with Gasteiger partial charge in [-0.1, -0.05) is 13.0 Å². The van der Waals surface area contributed by atoms with Crippen molar-refractivity contribution in [1.29, 1.82) is 0 Å². The monoisotopic (exact) mass is 412 g/mol. The van der Waals surface area contributed by atoms with Crippen molar-refractivity contribution in [3.63, 3.8) is 0 Å². The highest BCUT2D eigenvalue weighted by atomic mass is 16.7. The number of hydrogen-bond acceptors (Lipinski definition) is 6. The summed E-state index contributed by atoms with van der Waals surface area (Å²) >= 11 is 0. The van der Waals surface area contributed by atoms with Gasteiger partial charge in [-0.25, -0.2) is 0 Å². The fourth-order valence-corrected chi connectivity index (χ4v) is 3.84. The Morgan fingerprint density at radius 2 is 1.83 bits per heavy atom. The summed E-state index contributed by atoms with van der Waals surface area (Å²) < 4.78 is 10.6. The number of ether oxygens (including phenoxy) is 2. The SMILES string of the molecule is CCCN1CCN(Cc2ccc(C(=O)NCc3ccc4c(c3)OCO4)c(=O)[nH]2)CC1. The molecule has 0 saturated carbocycles. The van der Waals surface area contributed by atoms with Crippen LogP contribution in [0, 0.1) is 0 Å². The Hall–Kier alpha value is -2.84. The van der Waals surface area contributed by atoms with Gasteiger partial charge in [0.2, 0.25) is 6.79 Å². The molecule has 1 saturated heterocycles. The molecule has 1 amide bonds. The quantitative estimate of drug-likeness (QED) is 0.718. The normalized spacial score (nSPS) is 16.6. The molecule has 2 N–H and O–H groups in total.